The smallest absolute Gasteiger partial charge is 0.129 e. The van der Waals surface area contributed by atoms with Crippen molar-refractivity contribution in [3.63, 3.8) is 0 Å². The minimum Gasteiger partial charge on any atom is -0.394 e. The van der Waals surface area contributed by atoms with E-state index in [-0.39, 0.29) is 6.61 Å². The molecule has 5 nitrogen and oxygen atoms in total. The molecule has 6 heteroatoms. The molecule has 1 heterocycles. The standard InChI is InChI=1S/C18H36O5S/c1-2-3-4-5-6-7-8-9-10-11-12-22-17-16(21)15(20)14(13-19)23-18(17)24/h14-21,24H,2-13H2,1H3/t14-,15-,16+,17-,18+/m1/s1. The van der Waals surface area contributed by atoms with Gasteiger partial charge in [0, 0.05) is 6.61 Å². The first-order valence-electron chi connectivity index (χ1n) is 9.54. The van der Waals surface area contributed by atoms with Crippen molar-refractivity contribution in [2.75, 3.05) is 13.2 Å². The average Bonchev–Trinajstić information content (AvgIpc) is 2.58. The van der Waals surface area contributed by atoms with Crippen LogP contribution in [0.5, 0.6) is 0 Å². The second-order valence-electron chi connectivity index (χ2n) is 6.75. The van der Waals surface area contributed by atoms with Crippen molar-refractivity contribution in [1.29, 1.82) is 0 Å². The van der Waals surface area contributed by atoms with Gasteiger partial charge in [-0.1, -0.05) is 64.7 Å². The van der Waals surface area contributed by atoms with Gasteiger partial charge in [0.2, 0.25) is 0 Å². The van der Waals surface area contributed by atoms with Gasteiger partial charge in [-0.25, -0.2) is 0 Å². The number of hydrogen-bond acceptors (Lipinski definition) is 6. The highest BCUT2D eigenvalue weighted by atomic mass is 32.1. The Bertz CT molecular complexity index is 305. The summed E-state index contributed by atoms with van der Waals surface area (Å²) in [6, 6.07) is 0. The average molecular weight is 365 g/mol. The molecule has 1 rings (SSSR count). The summed E-state index contributed by atoms with van der Waals surface area (Å²) in [5.41, 5.74) is -0.635. The van der Waals surface area contributed by atoms with Crippen molar-refractivity contribution >= 4 is 12.6 Å². The second kappa shape index (κ2) is 13.4. The van der Waals surface area contributed by atoms with Gasteiger partial charge in [0.05, 0.1) is 6.61 Å². The summed E-state index contributed by atoms with van der Waals surface area (Å²) in [5.74, 6) is 0. The number of aliphatic hydroxyl groups excluding tert-OH is 3. The highest BCUT2D eigenvalue weighted by Gasteiger charge is 2.43. The molecule has 0 unspecified atom stereocenters. The first-order valence-corrected chi connectivity index (χ1v) is 10.1. The van der Waals surface area contributed by atoms with Crippen molar-refractivity contribution in [3.8, 4) is 0 Å². The lowest BCUT2D eigenvalue weighted by Crippen LogP contribution is -2.57. The van der Waals surface area contributed by atoms with Crippen LogP contribution in [0.1, 0.15) is 71.1 Å². The Labute approximate surface area is 152 Å². The number of aliphatic hydroxyl groups is 3. The van der Waals surface area contributed by atoms with Crippen LogP contribution in [0.3, 0.4) is 0 Å². The van der Waals surface area contributed by atoms with Crippen LogP contribution in [0.4, 0.5) is 0 Å². The molecule has 0 amide bonds. The van der Waals surface area contributed by atoms with Crippen LogP contribution in [0.25, 0.3) is 0 Å². The number of thiol groups is 1. The van der Waals surface area contributed by atoms with Crippen molar-refractivity contribution in [2.24, 2.45) is 0 Å². The lowest BCUT2D eigenvalue weighted by molar-refractivity contribution is -0.218. The molecule has 144 valence electrons. The Morgan fingerprint density at radius 2 is 1.42 bits per heavy atom. The number of rotatable bonds is 13. The Kier molecular flexibility index (Phi) is 12.4. The molecular formula is C18H36O5S. The zero-order valence-corrected chi connectivity index (χ0v) is 15.9. The highest BCUT2D eigenvalue weighted by Crippen LogP contribution is 2.25. The molecule has 0 aliphatic carbocycles. The molecule has 1 aliphatic rings. The van der Waals surface area contributed by atoms with Crippen LogP contribution in [-0.4, -0.2) is 58.4 Å². The molecule has 1 fully saturated rings. The molecule has 3 N–H and O–H groups in total. The lowest BCUT2D eigenvalue weighted by atomic mass is 10.00. The number of unbranched alkanes of at least 4 members (excludes halogenated alkanes) is 9. The fourth-order valence-corrected chi connectivity index (χ4v) is 3.48. The van der Waals surface area contributed by atoms with Gasteiger partial charge in [-0.3, -0.25) is 0 Å². The van der Waals surface area contributed by atoms with E-state index in [0.29, 0.717) is 6.61 Å². The van der Waals surface area contributed by atoms with Crippen LogP contribution in [0.2, 0.25) is 0 Å². The monoisotopic (exact) mass is 364 g/mol. The third-order valence-electron chi connectivity index (χ3n) is 4.65. The Balaban J connectivity index is 2.02. The molecule has 0 bridgehead atoms. The van der Waals surface area contributed by atoms with Crippen LogP contribution in [0, 0.1) is 0 Å². The highest BCUT2D eigenvalue weighted by molar-refractivity contribution is 7.80. The van der Waals surface area contributed by atoms with Crippen LogP contribution >= 0.6 is 12.6 Å². The maximum absolute atomic E-state index is 10.1. The van der Waals surface area contributed by atoms with Gasteiger partial charge in [-0.2, -0.15) is 0 Å². The van der Waals surface area contributed by atoms with Gasteiger partial charge in [-0.15, -0.1) is 12.6 Å². The molecule has 0 saturated carbocycles. The third kappa shape index (κ3) is 8.02. The number of ether oxygens (including phenoxy) is 2. The Hall–Kier alpha value is 0.150. The molecule has 0 aromatic heterocycles. The molecule has 0 aromatic carbocycles. The van der Waals surface area contributed by atoms with Gasteiger partial charge in [0.1, 0.15) is 29.9 Å². The Morgan fingerprint density at radius 1 is 0.875 bits per heavy atom. The van der Waals surface area contributed by atoms with Crippen LogP contribution in [-0.2, 0) is 9.47 Å². The first-order chi connectivity index (χ1) is 11.6. The van der Waals surface area contributed by atoms with E-state index < -0.39 is 29.9 Å². The zero-order chi connectivity index (χ0) is 17.8. The molecule has 0 aromatic rings. The zero-order valence-electron chi connectivity index (χ0n) is 15.0. The van der Waals surface area contributed by atoms with E-state index in [9.17, 15) is 10.2 Å². The van der Waals surface area contributed by atoms with E-state index >= 15 is 0 Å². The van der Waals surface area contributed by atoms with Gasteiger partial charge in [0.15, 0.2) is 0 Å². The lowest BCUT2D eigenvalue weighted by Gasteiger charge is -2.40. The van der Waals surface area contributed by atoms with Crippen molar-refractivity contribution in [3.05, 3.63) is 0 Å². The summed E-state index contributed by atoms with van der Waals surface area (Å²) >= 11 is 4.25. The predicted octanol–water partition coefficient (Wildman–Crippen LogP) is 2.66. The second-order valence-corrected chi connectivity index (χ2v) is 7.26. The molecule has 1 aliphatic heterocycles. The van der Waals surface area contributed by atoms with Crippen LogP contribution in [0.15, 0.2) is 0 Å². The van der Waals surface area contributed by atoms with Gasteiger partial charge in [0.25, 0.3) is 0 Å². The van der Waals surface area contributed by atoms with Crippen LogP contribution < -0.4 is 0 Å². The maximum Gasteiger partial charge on any atom is 0.129 e. The molecule has 5 atom stereocenters. The fourth-order valence-electron chi connectivity index (χ4n) is 3.06. The molecule has 24 heavy (non-hydrogen) atoms. The summed E-state index contributed by atoms with van der Waals surface area (Å²) in [6.07, 6.45) is 8.85. The topological polar surface area (TPSA) is 79.2 Å². The van der Waals surface area contributed by atoms with Gasteiger partial charge in [-0.05, 0) is 6.42 Å². The van der Waals surface area contributed by atoms with E-state index in [1.54, 1.807) is 0 Å². The molecule has 0 spiro atoms. The maximum atomic E-state index is 10.1. The fraction of sp³-hybridized carbons (Fsp3) is 1.00. The third-order valence-corrected chi connectivity index (χ3v) is 5.07. The minimum absolute atomic E-state index is 0.347. The number of hydrogen-bond donors (Lipinski definition) is 4. The SMILES string of the molecule is CCCCCCCCCCCCO[C@@H]1[C@@H](O)[C@H](O)[C@@H](CO)O[C@H]1S. The van der Waals surface area contributed by atoms with Crippen molar-refractivity contribution < 1.29 is 24.8 Å². The summed E-state index contributed by atoms with van der Waals surface area (Å²) in [5, 5.41) is 29.0. The summed E-state index contributed by atoms with van der Waals surface area (Å²) < 4.78 is 11.0. The molecule has 1 saturated heterocycles. The molecule has 0 radical (unpaired) electrons. The van der Waals surface area contributed by atoms with Crippen molar-refractivity contribution in [2.45, 2.75) is 101 Å². The van der Waals surface area contributed by atoms with E-state index in [4.69, 9.17) is 14.6 Å². The largest absolute Gasteiger partial charge is 0.394 e. The van der Waals surface area contributed by atoms with Gasteiger partial charge < -0.3 is 24.8 Å². The first kappa shape index (κ1) is 22.2. The summed E-state index contributed by atoms with van der Waals surface area (Å²) in [6.45, 7) is 2.41. The quantitative estimate of drug-likeness (QED) is 0.298. The Morgan fingerprint density at radius 3 is 1.96 bits per heavy atom. The van der Waals surface area contributed by atoms with E-state index in [1.807, 2.05) is 0 Å². The minimum atomic E-state index is -1.14. The van der Waals surface area contributed by atoms with E-state index in [2.05, 4.69) is 19.6 Å². The molecular weight excluding hydrogens is 328 g/mol. The normalized spacial score (nSPS) is 30.6. The summed E-state index contributed by atoms with van der Waals surface area (Å²) in [7, 11) is 0. The summed E-state index contributed by atoms with van der Waals surface area (Å²) in [4.78, 5) is 0. The predicted molar refractivity (Wildman–Crippen MR) is 98.3 cm³/mol. The van der Waals surface area contributed by atoms with E-state index in [0.717, 1.165) is 12.8 Å². The van der Waals surface area contributed by atoms with E-state index in [1.165, 1.54) is 51.4 Å². The van der Waals surface area contributed by atoms with Gasteiger partial charge >= 0.3 is 0 Å². The van der Waals surface area contributed by atoms with Crippen molar-refractivity contribution in [1.82, 2.24) is 0 Å².